The van der Waals surface area contributed by atoms with Crippen molar-refractivity contribution < 1.29 is 8.42 Å². The molecule has 78 valence electrons. The fraction of sp³-hybridized carbons (Fsp3) is 1.00. The highest BCUT2D eigenvalue weighted by Crippen LogP contribution is 2.31. The normalized spacial score (nSPS) is 30.3. The van der Waals surface area contributed by atoms with Gasteiger partial charge in [-0.1, -0.05) is 26.2 Å². The number of hydrogen-bond donors (Lipinski definition) is 0. The van der Waals surface area contributed by atoms with E-state index in [2.05, 4.69) is 6.92 Å². The second kappa shape index (κ2) is 4.45. The first-order chi connectivity index (χ1) is 6.01. The van der Waals surface area contributed by atoms with Crippen molar-refractivity contribution in [3.05, 3.63) is 0 Å². The second-order valence-corrected chi connectivity index (χ2v) is 6.58. The van der Waals surface area contributed by atoms with Crippen LogP contribution in [0.25, 0.3) is 0 Å². The number of sulfone groups is 1. The first kappa shape index (κ1) is 11.0. The van der Waals surface area contributed by atoms with E-state index >= 15 is 0 Å². The smallest absolute Gasteiger partial charge is 0.147 e. The molecular formula is C10H20O2S. The summed E-state index contributed by atoms with van der Waals surface area (Å²) in [6.07, 6.45) is 7.32. The third kappa shape index (κ3) is 4.12. The van der Waals surface area contributed by atoms with Crippen LogP contribution in [0, 0.1) is 11.8 Å². The van der Waals surface area contributed by atoms with Gasteiger partial charge in [0.15, 0.2) is 0 Å². The molecule has 0 spiro atoms. The first-order valence-corrected chi connectivity index (χ1v) is 7.25. The molecule has 0 radical (unpaired) electrons. The third-order valence-corrected chi connectivity index (χ3v) is 4.08. The monoisotopic (exact) mass is 204 g/mol. The van der Waals surface area contributed by atoms with E-state index in [1.54, 1.807) is 0 Å². The number of hydrogen-bond acceptors (Lipinski definition) is 2. The second-order valence-electron chi connectivity index (χ2n) is 4.40. The average Bonchev–Trinajstić information content (AvgIpc) is 2.01. The van der Waals surface area contributed by atoms with Crippen molar-refractivity contribution in [1.82, 2.24) is 0 Å². The summed E-state index contributed by atoms with van der Waals surface area (Å²) >= 11 is 0. The van der Waals surface area contributed by atoms with Gasteiger partial charge in [0.05, 0.1) is 5.75 Å². The highest BCUT2D eigenvalue weighted by atomic mass is 32.2. The van der Waals surface area contributed by atoms with Gasteiger partial charge >= 0.3 is 0 Å². The van der Waals surface area contributed by atoms with Gasteiger partial charge in [-0.05, 0) is 24.7 Å². The Kier molecular flexibility index (Phi) is 3.77. The molecule has 0 amide bonds. The Bertz CT molecular complexity index is 244. The average molecular weight is 204 g/mol. The molecule has 0 aromatic rings. The Morgan fingerprint density at radius 1 is 1.23 bits per heavy atom. The highest BCUT2D eigenvalue weighted by molar-refractivity contribution is 7.90. The maximum absolute atomic E-state index is 11.1. The first-order valence-electron chi connectivity index (χ1n) is 5.19. The molecule has 0 N–H and O–H groups in total. The van der Waals surface area contributed by atoms with Crippen LogP contribution < -0.4 is 0 Å². The SMILES string of the molecule is CCC1CCCC(CS(C)(=O)=O)C1. The van der Waals surface area contributed by atoms with Crippen molar-refractivity contribution in [1.29, 1.82) is 0 Å². The Labute approximate surface area is 81.6 Å². The van der Waals surface area contributed by atoms with Gasteiger partial charge in [-0.15, -0.1) is 0 Å². The quantitative estimate of drug-likeness (QED) is 0.706. The fourth-order valence-electron chi connectivity index (χ4n) is 2.35. The van der Waals surface area contributed by atoms with Gasteiger partial charge in [-0.25, -0.2) is 8.42 Å². The van der Waals surface area contributed by atoms with Gasteiger partial charge in [0.25, 0.3) is 0 Å². The van der Waals surface area contributed by atoms with Crippen LogP contribution in [0.3, 0.4) is 0 Å². The summed E-state index contributed by atoms with van der Waals surface area (Å²) < 4.78 is 22.2. The lowest BCUT2D eigenvalue weighted by Gasteiger charge is -2.27. The summed E-state index contributed by atoms with van der Waals surface area (Å²) in [5, 5.41) is 0. The van der Waals surface area contributed by atoms with E-state index in [-0.39, 0.29) is 0 Å². The van der Waals surface area contributed by atoms with E-state index in [0.717, 1.165) is 18.8 Å². The molecule has 0 saturated heterocycles. The van der Waals surface area contributed by atoms with E-state index in [0.29, 0.717) is 11.7 Å². The summed E-state index contributed by atoms with van der Waals surface area (Å²) in [7, 11) is -2.76. The van der Waals surface area contributed by atoms with Crippen molar-refractivity contribution in [3.8, 4) is 0 Å². The predicted molar refractivity (Wildman–Crippen MR) is 55.4 cm³/mol. The molecule has 0 aromatic carbocycles. The van der Waals surface area contributed by atoms with Gasteiger partial charge in [0.1, 0.15) is 9.84 Å². The molecule has 2 unspecified atom stereocenters. The summed E-state index contributed by atoms with van der Waals surface area (Å²) in [6.45, 7) is 2.20. The summed E-state index contributed by atoms with van der Waals surface area (Å²) in [4.78, 5) is 0. The minimum absolute atomic E-state index is 0.406. The lowest BCUT2D eigenvalue weighted by Crippen LogP contribution is -2.22. The van der Waals surface area contributed by atoms with Gasteiger partial charge in [-0.2, -0.15) is 0 Å². The van der Waals surface area contributed by atoms with Crippen LogP contribution in [0.5, 0.6) is 0 Å². The van der Waals surface area contributed by atoms with Gasteiger partial charge in [-0.3, -0.25) is 0 Å². The zero-order valence-corrected chi connectivity index (χ0v) is 9.44. The lowest BCUT2D eigenvalue weighted by atomic mass is 9.81. The largest absolute Gasteiger partial charge is 0.229 e. The summed E-state index contributed by atoms with van der Waals surface area (Å²) in [6, 6.07) is 0. The lowest BCUT2D eigenvalue weighted by molar-refractivity contribution is 0.278. The third-order valence-electron chi connectivity index (χ3n) is 3.01. The van der Waals surface area contributed by atoms with Crippen LogP contribution in [0.15, 0.2) is 0 Å². The van der Waals surface area contributed by atoms with E-state index in [9.17, 15) is 8.42 Å². The minimum atomic E-state index is -2.76. The predicted octanol–water partition coefficient (Wildman–Crippen LogP) is 2.25. The van der Waals surface area contributed by atoms with Crippen LogP contribution in [-0.4, -0.2) is 20.4 Å². The molecule has 1 rings (SSSR count). The van der Waals surface area contributed by atoms with E-state index in [1.807, 2.05) is 0 Å². The van der Waals surface area contributed by atoms with E-state index in [4.69, 9.17) is 0 Å². The van der Waals surface area contributed by atoms with E-state index < -0.39 is 9.84 Å². The standard InChI is InChI=1S/C10H20O2S/c1-3-9-5-4-6-10(7-9)8-13(2,11)12/h9-10H,3-8H2,1-2H3. The molecule has 1 aliphatic carbocycles. The molecule has 1 aliphatic rings. The summed E-state index contributed by atoms with van der Waals surface area (Å²) in [5.41, 5.74) is 0. The van der Waals surface area contributed by atoms with Crippen LogP contribution in [0.1, 0.15) is 39.0 Å². The minimum Gasteiger partial charge on any atom is -0.229 e. The molecule has 2 nitrogen and oxygen atoms in total. The van der Waals surface area contributed by atoms with Crippen LogP contribution >= 0.6 is 0 Å². The molecule has 3 heteroatoms. The molecule has 0 heterocycles. The van der Waals surface area contributed by atoms with E-state index in [1.165, 1.54) is 25.5 Å². The Hall–Kier alpha value is -0.0500. The van der Waals surface area contributed by atoms with Crippen LogP contribution in [0.2, 0.25) is 0 Å². The fourth-order valence-corrected chi connectivity index (χ4v) is 3.51. The van der Waals surface area contributed by atoms with Crippen molar-refractivity contribution in [2.24, 2.45) is 11.8 Å². The zero-order chi connectivity index (χ0) is 9.90. The van der Waals surface area contributed by atoms with Gasteiger partial charge < -0.3 is 0 Å². The molecule has 2 atom stereocenters. The van der Waals surface area contributed by atoms with Gasteiger partial charge in [0.2, 0.25) is 0 Å². The molecule has 13 heavy (non-hydrogen) atoms. The molecule has 0 aromatic heterocycles. The molecular weight excluding hydrogens is 184 g/mol. The van der Waals surface area contributed by atoms with Crippen molar-refractivity contribution in [2.75, 3.05) is 12.0 Å². The van der Waals surface area contributed by atoms with Crippen molar-refractivity contribution in [2.45, 2.75) is 39.0 Å². The molecule has 1 saturated carbocycles. The molecule has 1 fully saturated rings. The molecule has 0 aliphatic heterocycles. The maximum atomic E-state index is 11.1. The Morgan fingerprint density at radius 2 is 1.85 bits per heavy atom. The maximum Gasteiger partial charge on any atom is 0.147 e. The van der Waals surface area contributed by atoms with Crippen molar-refractivity contribution in [3.63, 3.8) is 0 Å². The number of rotatable bonds is 3. The Balaban J connectivity index is 2.43. The summed E-state index contributed by atoms with van der Waals surface area (Å²) in [5.74, 6) is 1.62. The van der Waals surface area contributed by atoms with Crippen molar-refractivity contribution >= 4 is 9.84 Å². The topological polar surface area (TPSA) is 34.1 Å². The highest BCUT2D eigenvalue weighted by Gasteiger charge is 2.23. The Morgan fingerprint density at radius 3 is 2.38 bits per heavy atom. The zero-order valence-electron chi connectivity index (χ0n) is 8.62. The van der Waals surface area contributed by atoms with Crippen LogP contribution in [-0.2, 0) is 9.84 Å². The van der Waals surface area contributed by atoms with Crippen LogP contribution in [0.4, 0.5) is 0 Å². The van der Waals surface area contributed by atoms with Gasteiger partial charge in [0, 0.05) is 6.26 Å². The molecule has 0 bridgehead atoms.